The molecule has 3 aromatic rings. The maximum atomic E-state index is 14.4. The molecule has 2 aliphatic rings. The topological polar surface area (TPSA) is 113 Å². The van der Waals surface area contributed by atoms with E-state index < -0.39 is 29.9 Å². The van der Waals surface area contributed by atoms with Gasteiger partial charge in [-0.3, -0.25) is 4.79 Å². The summed E-state index contributed by atoms with van der Waals surface area (Å²) < 4.78 is 34.3. The molecular weight excluding hydrogens is 434 g/mol. The molecule has 2 aromatic heterocycles. The molecule has 2 atom stereocenters. The zero-order chi connectivity index (χ0) is 23.2. The van der Waals surface area contributed by atoms with E-state index in [9.17, 15) is 18.7 Å². The summed E-state index contributed by atoms with van der Waals surface area (Å²) in [6.07, 6.45) is 1.90. The summed E-state index contributed by atoms with van der Waals surface area (Å²) in [4.78, 5) is 21.1. The molecule has 9 nitrogen and oxygen atoms in total. The van der Waals surface area contributed by atoms with E-state index in [1.54, 1.807) is 13.0 Å². The van der Waals surface area contributed by atoms with Gasteiger partial charge in [-0.1, -0.05) is 6.07 Å². The van der Waals surface area contributed by atoms with Crippen LogP contribution in [0.15, 0.2) is 30.5 Å². The maximum Gasteiger partial charge on any atom is 0.235 e. The minimum Gasteiger partial charge on any atom is -0.504 e. The van der Waals surface area contributed by atoms with Crippen molar-refractivity contribution in [2.75, 3.05) is 30.0 Å². The second-order valence-electron chi connectivity index (χ2n) is 8.17. The fraction of sp³-hybridized carbons (Fsp3) is 0.318. The number of alkyl halides is 1. The van der Waals surface area contributed by atoms with Crippen LogP contribution in [0.1, 0.15) is 22.6 Å². The maximum absolute atomic E-state index is 14.4. The standard InChI is InChI=1S/C22H20F2N6O3/c1-12-21(25-7-13(9-31)27-12)33-14-6-22(10-23)11-26-20-18(30(22)8-14)5-17(28-29-20)15-3-2-4-16(24)19(15)32/h2-5,7,9,14,32H,6,8,10-11H2,1H3,(H,26,29)/t14-,22+/m1/s1. The Balaban J connectivity index is 1.48. The van der Waals surface area contributed by atoms with Crippen LogP contribution in [0.5, 0.6) is 11.6 Å². The van der Waals surface area contributed by atoms with Gasteiger partial charge in [0.05, 0.1) is 29.7 Å². The third-order valence-electron chi connectivity index (χ3n) is 6.05. The fourth-order valence-electron chi connectivity index (χ4n) is 4.40. The Hall–Kier alpha value is -3.89. The number of fused-ring (bicyclic) bond motifs is 3. The molecule has 5 rings (SSSR count). The number of nitrogens with one attached hydrogen (secondary N) is 1. The Kier molecular flexibility index (Phi) is 5.03. The molecule has 0 saturated carbocycles. The molecule has 0 spiro atoms. The van der Waals surface area contributed by atoms with E-state index in [2.05, 4.69) is 25.5 Å². The van der Waals surface area contributed by atoms with Gasteiger partial charge in [0.1, 0.15) is 24.2 Å². The zero-order valence-corrected chi connectivity index (χ0v) is 17.6. The first kappa shape index (κ1) is 21.0. The first-order valence-electron chi connectivity index (χ1n) is 10.3. The van der Waals surface area contributed by atoms with Crippen LogP contribution in [-0.4, -0.2) is 63.0 Å². The SMILES string of the molecule is Cc1nc(C=O)cnc1O[C@H]1CN2c3cc(-c4cccc(F)c4O)nnc3NC[C@@]2(CF)C1. The lowest BCUT2D eigenvalue weighted by atomic mass is 9.94. The number of carbonyl (C=O) groups excluding carboxylic acids is 1. The molecule has 4 heterocycles. The van der Waals surface area contributed by atoms with Crippen molar-refractivity contribution in [3.8, 4) is 22.9 Å². The van der Waals surface area contributed by atoms with Gasteiger partial charge in [-0.05, 0) is 25.1 Å². The van der Waals surface area contributed by atoms with E-state index >= 15 is 0 Å². The molecule has 33 heavy (non-hydrogen) atoms. The molecule has 1 saturated heterocycles. The predicted octanol–water partition coefficient (Wildman–Crippen LogP) is 2.69. The highest BCUT2D eigenvalue weighted by Gasteiger charge is 2.50. The van der Waals surface area contributed by atoms with Crippen molar-refractivity contribution < 1.29 is 23.4 Å². The van der Waals surface area contributed by atoms with Gasteiger partial charge in [-0.15, -0.1) is 10.2 Å². The summed E-state index contributed by atoms with van der Waals surface area (Å²) in [6, 6.07) is 5.80. The molecule has 0 amide bonds. The van der Waals surface area contributed by atoms with Crippen LogP contribution >= 0.6 is 0 Å². The number of ether oxygens (including phenoxy) is 1. The number of benzene rings is 1. The number of aryl methyl sites for hydroxylation is 1. The number of aromatic hydroxyl groups is 1. The van der Waals surface area contributed by atoms with E-state index in [0.29, 0.717) is 43.0 Å². The number of nitrogens with zero attached hydrogens (tertiary/aromatic N) is 5. The second kappa shape index (κ2) is 7.91. The fourth-order valence-corrected chi connectivity index (χ4v) is 4.40. The first-order chi connectivity index (χ1) is 15.9. The van der Waals surface area contributed by atoms with Crippen molar-refractivity contribution in [1.29, 1.82) is 0 Å². The normalized spacial score (nSPS) is 21.2. The van der Waals surface area contributed by atoms with Gasteiger partial charge in [-0.2, -0.15) is 0 Å². The van der Waals surface area contributed by atoms with E-state index in [-0.39, 0.29) is 22.8 Å². The van der Waals surface area contributed by atoms with Crippen molar-refractivity contribution in [3.63, 3.8) is 0 Å². The third kappa shape index (κ3) is 3.49. The van der Waals surface area contributed by atoms with Gasteiger partial charge in [0.2, 0.25) is 5.88 Å². The third-order valence-corrected chi connectivity index (χ3v) is 6.05. The number of carbonyl (C=O) groups is 1. The van der Waals surface area contributed by atoms with Crippen LogP contribution in [0.25, 0.3) is 11.3 Å². The summed E-state index contributed by atoms with van der Waals surface area (Å²) in [5.74, 6) is -0.547. The molecule has 0 radical (unpaired) electrons. The minimum absolute atomic E-state index is 0.190. The zero-order valence-electron chi connectivity index (χ0n) is 17.6. The quantitative estimate of drug-likeness (QED) is 0.562. The van der Waals surface area contributed by atoms with Gasteiger partial charge in [0.25, 0.3) is 0 Å². The Labute approximate surface area is 187 Å². The number of aldehydes is 1. The smallest absolute Gasteiger partial charge is 0.235 e. The highest BCUT2D eigenvalue weighted by atomic mass is 19.1. The number of aromatic nitrogens is 4. The minimum atomic E-state index is -0.883. The van der Waals surface area contributed by atoms with E-state index in [0.717, 1.165) is 6.07 Å². The summed E-state index contributed by atoms with van der Waals surface area (Å²) in [7, 11) is 0. The number of hydrogen-bond acceptors (Lipinski definition) is 9. The first-order valence-corrected chi connectivity index (χ1v) is 10.3. The number of rotatable bonds is 5. The number of hydrogen-bond donors (Lipinski definition) is 2. The average Bonchev–Trinajstić information content (AvgIpc) is 3.21. The average molecular weight is 454 g/mol. The van der Waals surface area contributed by atoms with Gasteiger partial charge in [-0.25, -0.2) is 18.7 Å². The van der Waals surface area contributed by atoms with Gasteiger partial charge in [0.15, 0.2) is 23.7 Å². The van der Waals surface area contributed by atoms with Gasteiger partial charge >= 0.3 is 0 Å². The largest absolute Gasteiger partial charge is 0.504 e. The van der Waals surface area contributed by atoms with Crippen molar-refractivity contribution in [2.45, 2.75) is 25.0 Å². The Morgan fingerprint density at radius 1 is 1.39 bits per heavy atom. The Morgan fingerprint density at radius 2 is 2.24 bits per heavy atom. The highest BCUT2D eigenvalue weighted by Crippen LogP contribution is 2.44. The van der Waals surface area contributed by atoms with Crippen LogP contribution in [0.3, 0.4) is 0 Å². The molecule has 0 aliphatic carbocycles. The molecule has 0 bridgehead atoms. The lowest BCUT2D eigenvalue weighted by Crippen LogP contribution is -2.54. The molecule has 2 N–H and O–H groups in total. The van der Waals surface area contributed by atoms with Crippen LogP contribution < -0.4 is 15.0 Å². The number of halogens is 2. The van der Waals surface area contributed by atoms with Crippen LogP contribution in [0.4, 0.5) is 20.3 Å². The summed E-state index contributed by atoms with van der Waals surface area (Å²) in [6.45, 7) is 1.68. The Bertz CT molecular complexity index is 1240. The van der Waals surface area contributed by atoms with Crippen molar-refractivity contribution in [1.82, 2.24) is 20.2 Å². The number of phenols is 1. The van der Waals surface area contributed by atoms with Gasteiger partial charge in [0, 0.05) is 18.5 Å². The molecule has 0 unspecified atom stereocenters. The molecule has 170 valence electrons. The van der Waals surface area contributed by atoms with Crippen LogP contribution in [0, 0.1) is 12.7 Å². The van der Waals surface area contributed by atoms with E-state index in [1.165, 1.54) is 18.3 Å². The monoisotopic (exact) mass is 454 g/mol. The lowest BCUT2D eigenvalue weighted by Gasteiger charge is -2.42. The molecule has 1 fully saturated rings. The van der Waals surface area contributed by atoms with Crippen molar-refractivity contribution in [2.24, 2.45) is 0 Å². The van der Waals surface area contributed by atoms with E-state index in [1.807, 2.05) is 4.90 Å². The highest BCUT2D eigenvalue weighted by molar-refractivity contribution is 5.77. The molecule has 2 aliphatic heterocycles. The Morgan fingerprint density at radius 3 is 3.00 bits per heavy atom. The molecule has 1 aromatic carbocycles. The summed E-state index contributed by atoms with van der Waals surface area (Å²) in [5.41, 5.74) is 0.817. The number of para-hydroxylation sites is 1. The summed E-state index contributed by atoms with van der Waals surface area (Å²) >= 11 is 0. The number of anilines is 2. The molecule has 11 heteroatoms. The van der Waals surface area contributed by atoms with Crippen LogP contribution in [0.2, 0.25) is 0 Å². The summed E-state index contributed by atoms with van der Waals surface area (Å²) in [5, 5.41) is 21.5. The lowest BCUT2D eigenvalue weighted by molar-refractivity contribution is 0.111. The number of phenolic OH excluding ortho intramolecular Hbond substituents is 1. The predicted molar refractivity (Wildman–Crippen MR) is 115 cm³/mol. The van der Waals surface area contributed by atoms with Crippen molar-refractivity contribution >= 4 is 17.8 Å². The molecular formula is C22H20F2N6O3. The van der Waals surface area contributed by atoms with Crippen LogP contribution in [-0.2, 0) is 0 Å². The van der Waals surface area contributed by atoms with Gasteiger partial charge < -0.3 is 20.1 Å². The second-order valence-corrected chi connectivity index (χ2v) is 8.17. The van der Waals surface area contributed by atoms with Crippen molar-refractivity contribution in [3.05, 3.63) is 47.7 Å². The van der Waals surface area contributed by atoms with E-state index in [4.69, 9.17) is 4.74 Å².